The molecule has 0 aliphatic heterocycles. The average Bonchev–Trinajstić information content (AvgIpc) is 3.14. The first kappa shape index (κ1) is 50.8. The molecule has 0 saturated heterocycles. The van der Waals surface area contributed by atoms with Crippen LogP contribution in [0, 0.1) is 0 Å². The number of carbonyl (C=O) groups excluding carboxylic acids is 1. The summed E-state index contributed by atoms with van der Waals surface area (Å²) in [6.07, 6.45) is 51.9. The molecule has 1 amide bonds. The lowest BCUT2D eigenvalue weighted by atomic mass is 10.0. The molecule has 0 bridgehead atoms. The standard InChI is InChI=1S/C47H91NO4/c1-3-5-7-9-11-13-15-17-19-20-21-22-23-24-25-27-29-31-33-35-37-39-41-46(51)45(43-49)48-47(52)42-44(50)40-38-36-34-32-30-28-26-18-16-14-12-10-8-6-4-2/h31,33,39,41,44-46,49-51H,3-30,32,34-38,40,42-43H2,1-2H3,(H,48,52)/b33-31+,41-39+. The van der Waals surface area contributed by atoms with Gasteiger partial charge in [-0.2, -0.15) is 0 Å². The van der Waals surface area contributed by atoms with Crippen molar-refractivity contribution in [2.75, 3.05) is 6.61 Å². The molecular formula is C47H91NO4. The molecule has 0 aromatic rings. The van der Waals surface area contributed by atoms with Crippen LogP contribution in [0.5, 0.6) is 0 Å². The van der Waals surface area contributed by atoms with Crippen LogP contribution in [-0.4, -0.2) is 46.1 Å². The van der Waals surface area contributed by atoms with Crippen LogP contribution in [0.15, 0.2) is 24.3 Å². The molecule has 5 heteroatoms. The number of aliphatic hydroxyl groups is 3. The van der Waals surface area contributed by atoms with Gasteiger partial charge in [-0.05, 0) is 32.1 Å². The maximum Gasteiger partial charge on any atom is 0.222 e. The summed E-state index contributed by atoms with van der Waals surface area (Å²) in [6.45, 7) is 4.22. The highest BCUT2D eigenvalue weighted by molar-refractivity contribution is 5.76. The van der Waals surface area contributed by atoms with Crippen LogP contribution >= 0.6 is 0 Å². The minimum absolute atomic E-state index is 0.00966. The number of allylic oxidation sites excluding steroid dienone is 3. The molecule has 3 atom stereocenters. The van der Waals surface area contributed by atoms with Gasteiger partial charge in [-0.1, -0.05) is 231 Å². The number of aliphatic hydroxyl groups excluding tert-OH is 3. The zero-order valence-corrected chi connectivity index (χ0v) is 35.0. The van der Waals surface area contributed by atoms with Crippen molar-refractivity contribution in [2.24, 2.45) is 0 Å². The predicted molar refractivity (Wildman–Crippen MR) is 227 cm³/mol. The van der Waals surface area contributed by atoms with Crippen LogP contribution in [0.2, 0.25) is 0 Å². The van der Waals surface area contributed by atoms with Gasteiger partial charge in [0, 0.05) is 0 Å². The largest absolute Gasteiger partial charge is 0.394 e. The highest BCUT2D eigenvalue weighted by Crippen LogP contribution is 2.16. The molecule has 0 aliphatic rings. The second-order valence-electron chi connectivity index (χ2n) is 16.0. The summed E-state index contributed by atoms with van der Waals surface area (Å²) in [5.74, 6) is -0.322. The molecule has 0 saturated carbocycles. The zero-order valence-electron chi connectivity index (χ0n) is 35.0. The van der Waals surface area contributed by atoms with Gasteiger partial charge in [-0.15, -0.1) is 0 Å². The Kier molecular flexibility index (Phi) is 41.6. The van der Waals surface area contributed by atoms with E-state index < -0.39 is 18.2 Å². The molecule has 0 aromatic heterocycles. The molecule has 0 fully saturated rings. The van der Waals surface area contributed by atoms with Crippen LogP contribution in [0.3, 0.4) is 0 Å². The first-order valence-corrected chi connectivity index (χ1v) is 23.1. The SMILES string of the molecule is CCCCCCCCCCCCCCCCCC/C=C/CC/C=C/C(O)C(CO)NC(=O)CC(O)CCCCCCCCCCCCCCCCC. The lowest BCUT2D eigenvalue weighted by Crippen LogP contribution is -2.45. The maximum atomic E-state index is 12.4. The Morgan fingerprint density at radius 2 is 0.827 bits per heavy atom. The van der Waals surface area contributed by atoms with Gasteiger partial charge in [-0.3, -0.25) is 4.79 Å². The van der Waals surface area contributed by atoms with Crippen LogP contribution in [0.25, 0.3) is 0 Å². The Balaban J connectivity index is 3.67. The highest BCUT2D eigenvalue weighted by Gasteiger charge is 2.20. The fourth-order valence-corrected chi connectivity index (χ4v) is 7.18. The minimum Gasteiger partial charge on any atom is -0.394 e. The molecule has 5 nitrogen and oxygen atoms in total. The average molecular weight is 734 g/mol. The van der Waals surface area contributed by atoms with Crippen LogP contribution in [0.1, 0.15) is 245 Å². The highest BCUT2D eigenvalue weighted by atomic mass is 16.3. The Hall–Kier alpha value is -1.17. The van der Waals surface area contributed by atoms with E-state index in [4.69, 9.17) is 0 Å². The van der Waals surface area contributed by atoms with E-state index in [0.717, 1.165) is 32.1 Å². The fraction of sp³-hybridized carbons (Fsp3) is 0.894. The maximum absolute atomic E-state index is 12.4. The normalized spacial score (nSPS) is 13.7. The quantitative estimate of drug-likeness (QED) is 0.0371. The Bertz CT molecular complexity index is 768. The fourth-order valence-electron chi connectivity index (χ4n) is 7.18. The topological polar surface area (TPSA) is 89.8 Å². The smallest absolute Gasteiger partial charge is 0.222 e. The van der Waals surface area contributed by atoms with Gasteiger partial charge < -0.3 is 20.6 Å². The molecule has 0 heterocycles. The zero-order chi connectivity index (χ0) is 38.0. The Morgan fingerprint density at radius 1 is 0.481 bits per heavy atom. The van der Waals surface area contributed by atoms with Crippen molar-refractivity contribution in [2.45, 2.75) is 263 Å². The molecule has 0 spiro atoms. The number of amides is 1. The summed E-state index contributed by atoms with van der Waals surface area (Å²) < 4.78 is 0. The first-order valence-electron chi connectivity index (χ1n) is 23.1. The van der Waals surface area contributed by atoms with Gasteiger partial charge in [0.1, 0.15) is 0 Å². The van der Waals surface area contributed by atoms with Crippen molar-refractivity contribution in [3.05, 3.63) is 24.3 Å². The predicted octanol–water partition coefficient (Wildman–Crippen LogP) is 13.4. The van der Waals surface area contributed by atoms with Gasteiger partial charge >= 0.3 is 0 Å². The summed E-state index contributed by atoms with van der Waals surface area (Å²) in [7, 11) is 0. The van der Waals surface area contributed by atoms with Crippen molar-refractivity contribution in [3.8, 4) is 0 Å². The Labute approximate surface area is 324 Å². The Morgan fingerprint density at radius 3 is 1.23 bits per heavy atom. The van der Waals surface area contributed by atoms with E-state index >= 15 is 0 Å². The third-order valence-electron chi connectivity index (χ3n) is 10.7. The summed E-state index contributed by atoms with van der Waals surface area (Å²) in [4.78, 5) is 12.4. The van der Waals surface area contributed by atoms with E-state index in [2.05, 4.69) is 31.3 Å². The monoisotopic (exact) mass is 734 g/mol. The van der Waals surface area contributed by atoms with E-state index in [0.29, 0.717) is 6.42 Å². The van der Waals surface area contributed by atoms with Crippen molar-refractivity contribution in [1.82, 2.24) is 5.32 Å². The molecule has 4 N–H and O–H groups in total. The van der Waals surface area contributed by atoms with E-state index in [1.165, 1.54) is 186 Å². The number of hydrogen-bond acceptors (Lipinski definition) is 4. The number of hydrogen-bond donors (Lipinski definition) is 4. The van der Waals surface area contributed by atoms with Crippen LogP contribution < -0.4 is 5.32 Å². The molecule has 52 heavy (non-hydrogen) atoms. The number of carbonyl (C=O) groups is 1. The van der Waals surface area contributed by atoms with Gasteiger partial charge in [0.25, 0.3) is 0 Å². The van der Waals surface area contributed by atoms with E-state index in [1.54, 1.807) is 6.08 Å². The van der Waals surface area contributed by atoms with Crippen molar-refractivity contribution < 1.29 is 20.1 Å². The summed E-state index contributed by atoms with van der Waals surface area (Å²) in [6, 6.07) is -0.757. The molecule has 0 aromatic carbocycles. The minimum atomic E-state index is -0.948. The summed E-state index contributed by atoms with van der Waals surface area (Å²) in [5.41, 5.74) is 0. The van der Waals surface area contributed by atoms with Crippen LogP contribution in [0.4, 0.5) is 0 Å². The summed E-state index contributed by atoms with van der Waals surface area (Å²) in [5, 5.41) is 33.2. The summed E-state index contributed by atoms with van der Waals surface area (Å²) >= 11 is 0. The van der Waals surface area contributed by atoms with Crippen molar-refractivity contribution in [3.63, 3.8) is 0 Å². The molecular weight excluding hydrogens is 643 g/mol. The van der Waals surface area contributed by atoms with Gasteiger partial charge in [0.05, 0.1) is 31.3 Å². The third kappa shape index (κ3) is 38.6. The second-order valence-corrected chi connectivity index (χ2v) is 16.0. The van der Waals surface area contributed by atoms with Crippen molar-refractivity contribution in [1.29, 1.82) is 0 Å². The molecule has 308 valence electrons. The van der Waals surface area contributed by atoms with Crippen molar-refractivity contribution >= 4 is 5.91 Å². The van der Waals surface area contributed by atoms with Crippen LogP contribution in [-0.2, 0) is 4.79 Å². The number of rotatable bonds is 42. The third-order valence-corrected chi connectivity index (χ3v) is 10.7. The first-order chi connectivity index (χ1) is 25.5. The van der Waals surface area contributed by atoms with Gasteiger partial charge in [0.15, 0.2) is 0 Å². The number of unbranched alkanes of at least 4 members (excludes halogenated alkanes) is 31. The number of nitrogens with one attached hydrogen (secondary N) is 1. The van der Waals surface area contributed by atoms with E-state index in [1.807, 2.05) is 6.08 Å². The van der Waals surface area contributed by atoms with E-state index in [9.17, 15) is 20.1 Å². The van der Waals surface area contributed by atoms with Gasteiger partial charge in [-0.25, -0.2) is 0 Å². The van der Waals surface area contributed by atoms with E-state index in [-0.39, 0.29) is 18.9 Å². The molecule has 0 aliphatic carbocycles. The lowest BCUT2D eigenvalue weighted by molar-refractivity contribution is -0.124. The molecule has 0 rings (SSSR count). The van der Waals surface area contributed by atoms with Gasteiger partial charge in [0.2, 0.25) is 5.91 Å². The lowest BCUT2D eigenvalue weighted by Gasteiger charge is -2.21. The second kappa shape index (κ2) is 42.6. The molecule has 3 unspecified atom stereocenters. The molecule has 0 radical (unpaired) electrons.